The Kier molecular flexibility index (Phi) is 5.81. The Labute approximate surface area is 181 Å². The van der Waals surface area contributed by atoms with E-state index in [0.29, 0.717) is 29.8 Å². The largest absolute Gasteiger partial charge is 0.331 e. The zero-order valence-corrected chi connectivity index (χ0v) is 16.8. The van der Waals surface area contributed by atoms with Gasteiger partial charge in [-0.2, -0.15) is 0 Å². The summed E-state index contributed by atoms with van der Waals surface area (Å²) >= 11 is 5.76. The third-order valence-corrected chi connectivity index (χ3v) is 5.29. The number of halogens is 3. The zero-order valence-electron chi connectivity index (χ0n) is 16.1. The van der Waals surface area contributed by atoms with Gasteiger partial charge in [-0.15, -0.1) is 0 Å². The normalized spacial score (nSPS) is 14.6. The smallest absolute Gasteiger partial charge is 0.319 e. The van der Waals surface area contributed by atoms with Crippen LogP contribution in [0.2, 0.25) is 5.02 Å². The van der Waals surface area contributed by atoms with Crippen LogP contribution in [-0.4, -0.2) is 16.9 Å². The topological polar surface area (TPSA) is 83.1 Å². The number of carbonyl (C=O) groups excluding carboxylic acids is 2. The molecule has 0 saturated heterocycles. The number of benzene rings is 2. The highest BCUT2D eigenvalue weighted by atomic mass is 35.5. The van der Waals surface area contributed by atoms with Crippen molar-refractivity contribution in [1.82, 2.24) is 10.3 Å². The summed E-state index contributed by atoms with van der Waals surface area (Å²) in [7, 11) is 0. The fraction of sp³-hybridized carbons (Fsp3) is 0.136. The fourth-order valence-corrected chi connectivity index (χ4v) is 3.79. The van der Waals surface area contributed by atoms with E-state index in [0.717, 1.165) is 6.07 Å². The molecular weight excluding hydrogens is 426 g/mol. The van der Waals surface area contributed by atoms with Gasteiger partial charge in [0.2, 0.25) is 0 Å². The molecular formula is C22H17ClF2N4O2. The minimum atomic E-state index is -0.596. The van der Waals surface area contributed by atoms with Crippen molar-refractivity contribution in [2.24, 2.45) is 0 Å². The second kappa shape index (κ2) is 8.69. The molecule has 2 aromatic carbocycles. The van der Waals surface area contributed by atoms with Gasteiger partial charge < -0.3 is 16.0 Å². The predicted octanol–water partition coefficient (Wildman–Crippen LogP) is 5.07. The second-order valence-electron chi connectivity index (χ2n) is 7.00. The van der Waals surface area contributed by atoms with E-state index in [2.05, 4.69) is 20.9 Å². The number of amides is 3. The highest BCUT2D eigenvalue weighted by Gasteiger charge is 2.31. The number of hydrogen-bond acceptors (Lipinski definition) is 3. The molecule has 0 aliphatic heterocycles. The minimum absolute atomic E-state index is 0.119. The molecule has 0 spiro atoms. The summed E-state index contributed by atoms with van der Waals surface area (Å²) in [4.78, 5) is 29.0. The van der Waals surface area contributed by atoms with E-state index in [1.54, 1.807) is 24.5 Å². The molecule has 0 bridgehead atoms. The summed E-state index contributed by atoms with van der Waals surface area (Å²) in [6, 6.07) is 8.63. The Morgan fingerprint density at radius 2 is 1.71 bits per heavy atom. The Balaban J connectivity index is 1.52. The summed E-state index contributed by atoms with van der Waals surface area (Å²) in [6.07, 6.45) is 3.95. The molecule has 0 radical (unpaired) electrons. The van der Waals surface area contributed by atoms with Gasteiger partial charge in [-0.3, -0.25) is 9.78 Å². The number of urea groups is 1. The Hall–Kier alpha value is -3.52. The van der Waals surface area contributed by atoms with Crippen LogP contribution in [0.3, 0.4) is 0 Å². The van der Waals surface area contributed by atoms with Gasteiger partial charge in [0.15, 0.2) is 0 Å². The SMILES string of the molecule is O=C(Nc1ccncc1)NC1CCc2c(C(=O)Nc3ccc(F)c(Cl)c3)ccc(F)c21. The van der Waals surface area contributed by atoms with Crippen molar-refractivity contribution in [2.45, 2.75) is 18.9 Å². The van der Waals surface area contributed by atoms with E-state index >= 15 is 0 Å². The molecule has 158 valence electrons. The maximum absolute atomic E-state index is 14.6. The first-order valence-corrected chi connectivity index (χ1v) is 9.85. The quantitative estimate of drug-likeness (QED) is 0.527. The summed E-state index contributed by atoms with van der Waals surface area (Å²) in [5.41, 5.74) is 1.97. The van der Waals surface area contributed by atoms with Crippen LogP contribution in [0.5, 0.6) is 0 Å². The molecule has 3 aromatic rings. The molecule has 6 nitrogen and oxygen atoms in total. The maximum atomic E-state index is 14.6. The van der Waals surface area contributed by atoms with Crippen molar-refractivity contribution in [3.63, 3.8) is 0 Å². The number of aromatic nitrogens is 1. The van der Waals surface area contributed by atoms with Crippen LogP contribution >= 0.6 is 11.6 Å². The molecule has 1 aromatic heterocycles. The number of hydrogen-bond donors (Lipinski definition) is 3. The van der Waals surface area contributed by atoms with Crippen molar-refractivity contribution in [3.8, 4) is 0 Å². The first-order chi connectivity index (χ1) is 14.9. The molecule has 1 atom stereocenters. The Morgan fingerprint density at radius 1 is 0.968 bits per heavy atom. The molecule has 3 N–H and O–H groups in total. The van der Waals surface area contributed by atoms with Crippen LogP contribution in [0.25, 0.3) is 0 Å². The third-order valence-electron chi connectivity index (χ3n) is 5.00. The molecule has 9 heteroatoms. The van der Waals surface area contributed by atoms with E-state index in [9.17, 15) is 18.4 Å². The van der Waals surface area contributed by atoms with Crippen LogP contribution in [0, 0.1) is 11.6 Å². The number of pyridine rings is 1. The molecule has 4 rings (SSSR count). The lowest BCUT2D eigenvalue weighted by Gasteiger charge is -2.16. The molecule has 1 unspecified atom stereocenters. The van der Waals surface area contributed by atoms with E-state index in [1.807, 2.05) is 0 Å². The number of fused-ring (bicyclic) bond motifs is 1. The van der Waals surface area contributed by atoms with Crippen molar-refractivity contribution in [2.75, 3.05) is 10.6 Å². The Bertz CT molecular complexity index is 1160. The van der Waals surface area contributed by atoms with Crippen molar-refractivity contribution in [3.05, 3.63) is 88.2 Å². The van der Waals surface area contributed by atoms with Gasteiger partial charge in [-0.1, -0.05) is 11.6 Å². The number of nitrogens with zero attached hydrogens (tertiary/aromatic N) is 1. The van der Waals surface area contributed by atoms with Crippen molar-refractivity contribution in [1.29, 1.82) is 0 Å². The van der Waals surface area contributed by atoms with E-state index in [4.69, 9.17) is 11.6 Å². The second-order valence-corrected chi connectivity index (χ2v) is 7.40. The van der Waals surface area contributed by atoms with E-state index in [-0.39, 0.29) is 16.1 Å². The number of carbonyl (C=O) groups is 2. The maximum Gasteiger partial charge on any atom is 0.319 e. The van der Waals surface area contributed by atoms with Crippen LogP contribution in [0.15, 0.2) is 54.9 Å². The van der Waals surface area contributed by atoms with Crippen LogP contribution in [0.1, 0.15) is 33.9 Å². The first-order valence-electron chi connectivity index (χ1n) is 9.47. The summed E-state index contributed by atoms with van der Waals surface area (Å²) in [6.45, 7) is 0. The van der Waals surface area contributed by atoms with Gasteiger partial charge in [0.1, 0.15) is 11.6 Å². The predicted molar refractivity (Wildman–Crippen MR) is 113 cm³/mol. The van der Waals surface area contributed by atoms with Gasteiger partial charge >= 0.3 is 6.03 Å². The summed E-state index contributed by atoms with van der Waals surface area (Å²) in [5, 5.41) is 7.94. The molecule has 1 aliphatic carbocycles. The van der Waals surface area contributed by atoms with Gasteiger partial charge in [-0.05, 0) is 60.9 Å². The van der Waals surface area contributed by atoms with Crippen LogP contribution < -0.4 is 16.0 Å². The lowest BCUT2D eigenvalue weighted by Crippen LogP contribution is -2.32. The standard InChI is InChI=1S/C22H17ClF2N4O2/c23-16-11-13(1-4-17(16)24)27-21(30)15-2-5-18(25)20-14(15)3-6-19(20)29-22(31)28-12-7-9-26-10-8-12/h1-2,4-5,7-11,19H,3,6H2,(H,27,30)(H2,26,28,29,31). The zero-order chi connectivity index (χ0) is 22.0. The molecule has 3 amide bonds. The number of anilines is 2. The number of rotatable bonds is 4. The van der Waals surface area contributed by atoms with Crippen molar-refractivity contribution >= 4 is 34.9 Å². The molecule has 0 saturated carbocycles. The van der Waals surface area contributed by atoms with Gasteiger partial charge in [0.05, 0.1) is 11.1 Å². The number of nitrogens with one attached hydrogen (secondary N) is 3. The molecule has 1 heterocycles. The highest BCUT2D eigenvalue weighted by molar-refractivity contribution is 6.31. The average Bonchev–Trinajstić information content (AvgIpc) is 3.16. The van der Waals surface area contributed by atoms with Gasteiger partial charge in [0, 0.05) is 34.9 Å². The minimum Gasteiger partial charge on any atom is -0.331 e. The van der Waals surface area contributed by atoms with Crippen molar-refractivity contribution < 1.29 is 18.4 Å². The van der Waals surface area contributed by atoms with Gasteiger partial charge in [-0.25, -0.2) is 13.6 Å². The van der Waals surface area contributed by atoms with Crippen LogP contribution in [0.4, 0.5) is 25.0 Å². The van der Waals surface area contributed by atoms with E-state index < -0.39 is 29.6 Å². The van der Waals surface area contributed by atoms with Crippen LogP contribution in [-0.2, 0) is 6.42 Å². The first kappa shape index (κ1) is 20.7. The molecule has 31 heavy (non-hydrogen) atoms. The fourth-order valence-electron chi connectivity index (χ4n) is 3.61. The average molecular weight is 443 g/mol. The Morgan fingerprint density at radius 3 is 2.45 bits per heavy atom. The summed E-state index contributed by atoms with van der Waals surface area (Å²) < 4.78 is 28.0. The van der Waals surface area contributed by atoms with E-state index in [1.165, 1.54) is 24.3 Å². The molecule has 0 fully saturated rings. The third kappa shape index (κ3) is 4.49. The monoisotopic (exact) mass is 442 g/mol. The highest BCUT2D eigenvalue weighted by Crippen LogP contribution is 2.36. The lowest BCUT2D eigenvalue weighted by atomic mass is 10.0. The molecule has 1 aliphatic rings. The lowest BCUT2D eigenvalue weighted by molar-refractivity contribution is 0.102. The summed E-state index contributed by atoms with van der Waals surface area (Å²) in [5.74, 6) is -1.56. The van der Waals surface area contributed by atoms with Gasteiger partial charge in [0.25, 0.3) is 5.91 Å².